The lowest BCUT2D eigenvalue weighted by Crippen LogP contribution is -2.57. The number of amides is 1. The van der Waals surface area contributed by atoms with Gasteiger partial charge in [-0.3, -0.25) is 4.90 Å². The van der Waals surface area contributed by atoms with Gasteiger partial charge in [-0.25, -0.2) is 17.5 Å². The molecule has 1 heterocycles. The molecule has 2 fully saturated rings. The molecule has 176 valence electrons. The van der Waals surface area contributed by atoms with Gasteiger partial charge in [0.1, 0.15) is 5.60 Å². The topological polar surface area (TPSA) is 70.2 Å². The van der Waals surface area contributed by atoms with Crippen molar-refractivity contribution in [2.75, 3.05) is 45.5 Å². The summed E-state index contributed by atoms with van der Waals surface area (Å²) in [5, 5.41) is 0. The fourth-order valence-corrected chi connectivity index (χ4v) is 5.60. The molecule has 1 saturated carbocycles. The number of hydrogen-bond donors (Lipinski definition) is 0. The van der Waals surface area contributed by atoms with Crippen LogP contribution in [0.1, 0.15) is 66.7 Å². The molecule has 1 aliphatic heterocycles. The summed E-state index contributed by atoms with van der Waals surface area (Å²) in [6.07, 6.45) is 7.12. The van der Waals surface area contributed by atoms with Crippen LogP contribution in [0.15, 0.2) is 0 Å². The zero-order valence-corrected chi connectivity index (χ0v) is 20.7. The molecule has 0 spiro atoms. The van der Waals surface area contributed by atoms with Gasteiger partial charge in [-0.1, -0.05) is 33.1 Å². The van der Waals surface area contributed by atoms with E-state index in [9.17, 15) is 13.2 Å². The summed E-state index contributed by atoms with van der Waals surface area (Å²) in [6.45, 7) is 13.7. The van der Waals surface area contributed by atoms with Gasteiger partial charge in [-0.15, -0.1) is 0 Å². The van der Waals surface area contributed by atoms with Crippen molar-refractivity contribution >= 4 is 16.1 Å². The first-order chi connectivity index (χ1) is 13.9. The second kappa shape index (κ2) is 10.6. The molecule has 1 saturated heterocycles. The van der Waals surface area contributed by atoms with Crippen molar-refractivity contribution in [2.45, 2.75) is 78.4 Å². The Labute approximate surface area is 184 Å². The molecule has 0 aromatic rings. The highest BCUT2D eigenvalue weighted by molar-refractivity contribution is 7.88. The van der Waals surface area contributed by atoms with Gasteiger partial charge in [0.15, 0.2) is 0 Å². The number of carbonyl (C=O) groups is 1. The fraction of sp³-hybridized carbons (Fsp3) is 0.955. The largest absolute Gasteiger partial charge is 0.444 e. The van der Waals surface area contributed by atoms with E-state index >= 15 is 0 Å². The molecule has 7 nitrogen and oxygen atoms in total. The average Bonchev–Trinajstić information content (AvgIpc) is 2.63. The van der Waals surface area contributed by atoms with Gasteiger partial charge < -0.3 is 9.64 Å². The number of rotatable bonds is 7. The molecular weight excluding hydrogens is 402 g/mol. The quantitative estimate of drug-likeness (QED) is 0.601. The molecule has 8 heteroatoms. The van der Waals surface area contributed by atoms with Crippen molar-refractivity contribution < 1.29 is 17.9 Å². The number of nitrogens with zero attached hydrogens (tertiary/aromatic N) is 3. The number of carbonyl (C=O) groups excluding carboxylic acids is 1. The molecule has 1 unspecified atom stereocenters. The van der Waals surface area contributed by atoms with Crippen LogP contribution in [-0.2, 0) is 14.8 Å². The molecule has 30 heavy (non-hydrogen) atoms. The van der Waals surface area contributed by atoms with Crippen LogP contribution in [0.2, 0.25) is 0 Å². The van der Waals surface area contributed by atoms with Crippen LogP contribution in [0.5, 0.6) is 0 Å². The molecular formula is C22H43N3O4S. The van der Waals surface area contributed by atoms with E-state index in [4.69, 9.17) is 4.74 Å². The highest BCUT2D eigenvalue weighted by atomic mass is 32.2. The lowest BCUT2D eigenvalue weighted by molar-refractivity contribution is 0.00291. The Morgan fingerprint density at radius 1 is 1.03 bits per heavy atom. The Balaban J connectivity index is 2.09. The molecule has 0 aromatic carbocycles. The minimum atomic E-state index is -3.25. The van der Waals surface area contributed by atoms with Gasteiger partial charge in [0, 0.05) is 45.3 Å². The summed E-state index contributed by atoms with van der Waals surface area (Å²) in [6, 6.07) is 0.208. The van der Waals surface area contributed by atoms with E-state index in [2.05, 4.69) is 18.7 Å². The Morgan fingerprint density at radius 2 is 1.60 bits per heavy atom. The van der Waals surface area contributed by atoms with E-state index in [1.165, 1.54) is 25.5 Å². The van der Waals surface area contributed by atoms with E-state index in [0.717, 1.165) is 25.9 Å². The Hall–Kier alpha value is -0.860. The summed E-state index contributed by atoms with van der Waals surface area (Å²) >= 11 is 0. The predicted octanol–water partition coefficient (Wildman–Crippen LogP) is 3.41. The van der Waals surface area contributed by atoms with Crippen molar-refractivity contribution in [3.8, 4) is 0 Å². The maximum atomic E-state index is 12.5. The van der Waals surface area contributed by atoms with Crippen LogP contribution in [0.4, 0.5) is 4.79 Å². The molecule has 2 rings (SSSR count). The van der Waals surface area contributed by atoms with Gasteiger partial charge in [0.25, 0.3) is 0 Å². The molecule has 1 atom stereocenters. The highest BCUT2D eigenvalue weighted by Gasteiger charge is 2.35. The third kappa shape index (κ3) is 8.00. The molecule has 1 aliphatic carbocycles. The molecule has 1 amide bonds. The zero-order chi connectivity index (χ0) is 22.5. The van der Waals surface area contributed by atoms with Crippen LogP contribution < -0.4 is 0 Å². The first-order valence-corrected chi connectivity index (χ1v) is 13.4. The van der Waals surface area contributed by atoms with Crippen molar-refractivity contribution in [2.24, 2.45) is 11.8 Å². The average molecular weight is 446 g/mol. The van der Waals surface area contributed by atoms with Crippen molar-refractivity contribution in [3.63, 3.8) is 0 Å². The van der Waals surface area contributed by atoms with Gasteiger partial charge in [0.2, 0.25) is 10.0 Å². The first-order valence-electron chi connectivity index (χ1n) is 11.5. The highest BCUT2D eigenvalue weighted by Crippen LogP contribution is 2.31. The van der Waals surface area contributed by atoms with Gasteiger partial charge >= 0.3 is 6.09 Å². The summed E-state index contributed by atoms with van der Waals surface area (Å²) in [7, 11) is -3.25. The Morgan fingerprint density at radius 3 is 2.07 bits per heavy atom. The third-order valence-corrected chi connectivity index (χ3v) is 7.29. The maximum absolute atomic E-state index is 12.5. The standard InChI is InChI=1S/C22H43N3O4S/c1-18(2)16-25(30(6,27)28)17-20(19-10-8-7-9-11-19)23-12-14-24(15-13-23)21(26)29-22(3,4)5/h18-20H,7-17H2,1-6H3. The fourth-order valence-electron chi connectivity index (χ4n) is 4.61. The summed E-state index contributed by atoms with van der Waals surface area (Å²) in [4.78, 5) is 16.6. The lowest BCUT2D eigenvalue weighted by Gasteiger charge is -2.44. The normalized spacial score (nSPS) is 21.3. The van der Waals surface area contributed by atoms with Crippen LogP contribution in [-0.4, -0.2) is 85.8 Å². The van der Waals surface area contributed by atoms with Gasteiger partial charge in [-0.2, -0.15) is 0 Å². The smallest absolute Gasteiger partial charge is 0.410 e. The molecule has 0 N–H and O–H groups in total. The number of sulfonamides is 1. The SMILES string of the molecule is CC(C)CN(CC(C1CCCCC1)N1CCN(C(=O)OC(C)(C)C)CC1)S(C)(=O)=O. The second-order valence-electron chi connectivity index (χ2n) is 10.4. The number of hydrogen-bond acceptors (Lipinski definition) is 5. The summed E-state index contributed by atoms with van der Waals surface area (Å²) in [5.74, 6) is 0.805. The Kier molecular flexibility index (Phi) is 9.01. The second-order valence-corrected chi connectivity index (χ2v) is 12.4. The van der Waals surface area contributed by atoms with E-state index in [1.54, 1.807) is 9.21 Å². The van der Waals surface area contributed by atoms with Gasteiger partial charge in [-0.05, 0) is 45.4 Å². The maximum Gasteiger partial charge on any atom is 0.410 e. The van der Waals surface area contributed by atoms with Crippen molar-refractivity contribution in [1.29, 1.82) is 0 Å². The van der Waals surface area contributed by atoms with Crippen LogP contribution in [0.3, 0.4) is 0 Å². The van der Waals surface area contributed by atoms with E-state index in [1.807, 2.05) is 20.8 Å². The third-order valence-electron chi connectivity index (χ3n) is 6.06. The van der Waals surface area contributed by atoms with Crippen molar-refractivity contribution in [1.82, 2.24) is 14.1 Å². The number of ether oxygens (including phenoxy) is 1. The van der Waals surface area contributed by atoms with E-state index in [-0.39, 0.29) is 18.1 Å². The van der Waals surface area contributed by atoms with Crippen LogP contribution in [0.25, 0.3) is 0 Å². The Bertz CT molecular complexity index is 646. The van der Waals surface area contributed by atoms with Crippen molar-refractivity contribution in [3.05, 3.63) is 0 Å². The van der Waals surface area contributed by atoms with Gasteiger partial charge in [0.05, 0.1) is 6.26 Å². The first kappa shape index (κ1) is 25.4. The molecule has 0 bridgehead atoms. The molecule has 0 radical (unpaired) electrons. The molecule has 0 aromatic heterocycles. The lowest BCUT2D eigenvalue weighted by atomic mass is 9.83. The summed E-state index contributed by atoms with van der Waals surface area (Å²) < 4.78 is 32.2. The monoisotopic (exact) mass is 445 g/mol. The van der Waals surface area contributed by atoms with E-state index in [0.29, 0.717) is 32.1 Å². The van der Waals surface area contributed by atoms with E-state index < -0.39 is 15.6 Å². The minimum Gasteiger partial charge on any atom is -0.444 e. The minimum absolute atomic E-state index is 0.208. The molecule has 2 aliphatic rings. The zero-order valence-electron chi connectivity index (χ0n) is 19.9. The summed E-state index contributed by atoms with van der Waals surface area (Å²) in [5.41, 5.74) is -0.494. The number of piperazine rings is 1. The van der Waals surface area contributed by atoms with Crippen LogP contribution >= 0.6 is 0 Å². The van der Waals surface area contributed by atoms with Crippen LogP contribution in [0, 0.1) is 11.8 Å². The predicted molar refractivity (Wildman–Crippen MR) is 121 cm³/mol.